The fourth-order valence-corrected chi connectivity index (χ4v) is 5.66. The van der Waals surface area contributed by atoms with Crippen molar-refractivity contribution in [2.45, 2.75) is 38.6 Å². The fraction of sp³-hybridized carbons (Fsp3) is 0.762. The van der Waals surface area contributed by atoms with Crippen LogP contribution in [0.3, 0.4) is 0 Å². The number of amides is 1. The molecule has 1 saturated carbocycles. The van der Waals surface area contributed by atoms with E-state index in [0.29, 0.717) is 18.4 Å². The van der Waals surface area contributed by atoms with E-state index < -0.39 is 0 Å². The maximum Gasteiger partial charge on any atom is 0.230 e. The van der Waals surface area contributed by atoms with Crippen molar-refractivity contribution in [3.63, 3.8) is 0 Å². The Kier molecular flexibility index (Phi) is 4.75. The monoisotopic (exact) mass is 384 g/mol. The van der Waals surface area contributed by atoms with Crippen molar-refractivity contribution < 1.29 is 4.79 Å². The number of carbonyl (C=O) groups is 1. The van der Waals surface area contributed by atoms with Crippen molar-refractivity contribution >= 4 is 11.7 Å². The first-order valence-electron chi connectivity index (χ1n) is 10.9. The van der Waals surface area contributed by atoms with E-state index >= 15 is 0 Å². The first kappa shape index (κ1) is 18.3. The minimum atomic E-state index is -0.156. The highest BCUT2D eigenvalue weighted by Crippen LogP contribution is 2.45. The van der Waals surface area contributed by atoms with Gasteiger partial charge in [-0.15, -0.1) is 5.10 Å². The molecule has 0 unspecified atom stereocenters. The zero-order valence-electron chi connectivity index (χ0n) is 17.0. The summed E-state index contributed by atoms with van der Waals surface area (Å²) in [5.74, 6) is 1.87. The molecular formula is C21H32N6O. The SMILES string of the molecule is CN1CCN(c2cc3c(nn2)CCN(C(=O)[C@@]24CCCC[C@H]2CNC4)C3)CC1. The third-order valence-corrected chi connectivity index (χ3v) is 7.51. The highest BCUT2D eigenvalue weighted by atomic mass is 16.2. The van der Waals surface area contributed by atoms with Gasteiger partial charge in [-0.05, 0) is 44.0 Å². The van der Waals surface area contributed by atoms with Crippen LogP contribution in [0.2, 0.25) is 0 Å². The molecule has 5 rings (SSSR count). The molecule has 2 atom stereocenters. The Morgan fingerprint density at radius 2 is 2.04 bits per heavy atom. The zero-order valence-corrected chi connectivity index (χ0v) is 17.0. The van der Waals surface area contributed by atoms with E-state index in [1.54, 1.807) is 0 Å². The number of rotatable bonds is 2. The smallest absolute Gasteiger partial charge is 0.230 e. The Labute approximate surface area is 167 Å². The van der Waals surface area contributed by atoms with E-state index in [9.17, 15) is 4.79 Å². The summed E-state index contributed by atoms with van der Waals surface area (Å²) in [4.78, 5) is 20.4. The number of piperazine rings is 1. The topological polar surface area (TPSA) is 64.6 Å². The highest BCUT2D eigenvalue weighted by Gasteiger charge is 2.51. The summed E-state index contributed by atoms with van der Waals surface area (Å²) in [6, 6.07) is 2.19. The van der Waals surface area contributed by atoms with E-state index in [2.05, 4.69) is 43.3 Å². The number of hydrogen-bond acceptors (Lipinski definition) is 6. The zero-order chi connectivity index (χ0) is 19.1. The minimum absolute atomic E-state index is 0.156. The minimum Gasteiger partial charge on any atom is -0.353 e. The summed E-state index contributed by atoms with van der Waals surface area (Å²) in [5.41, 5.74) is 2.11. The molecule has 1 N–H and O–H groups in total. The van der Waals surface area contributed by atoms with Crippen molar-refractivity contribution in [2.24, 2.45) is 11.3 Å². The number of aromatic nitrogens is 2. The predicted octanol–water partition coefficient (Wildman–Crippen LogP) is 0.893. The number of nitrogens with zero attached hydrogens (tertiary/aromatic N) is 5. The maximum absolute atomic E-state index is 13.6. The van der Waals surface area contributed by atoms with Gasteiger partial charge in [0.15, 0.2) is 5.82 Å². The van der Waals surface area contributed by atoms with Gasteiger partial charge in [0.2, 0.25) is 5.91 Å². The third-order valence-electron chi connectivity index (χ3n) is 7.51. The van der Waals surface area contributed by atoms with Crippen molar-refractivity contribution in [2.75, 3.05) is 57.8 Å². The Morgan fingerprint density at radius 1 is 1.18 bits per heavy atom. The number of fused-ring (bicyclic) bond motifs is 2. The Bertz CT molecular complexity index is 746. The number of anilines is 1. The molecular weight excluding hydrogens is 352 g/mol. The normalized spacial score (nSPS) is 30.8. The summed E-state index contributed by atoms with van der Waals surface area (Å²) >= 11 is 0. The summed E-state index contributed by atoms with van der Waals surface area (Å²) in [5, 5.41) is 12.5. The van der Waals surface area contributed by atoms with Crippen molar-refractivity contribution in [3.05, 3.63) is 17.3 Å². The lowest BCUT2D eigenvalue weighted by molar-refractivity contribution is -0.146. The van der Waals surface area contributed by atoms with Gasteiger partial charge >= 0.3 is 0 Å². The van der Waals surface area contributed by atoms with E-state index in [-0.39, 0.29) is 5.41 Å². The number of hydrogen-bond donors (Lipinski definition) is 1. The summed E-state index contributed by atoms with van der Waals surface area (Å²) < 4.78 is 0. The summed E-state index contributed by atoms with van der Waals surface area (Å²) in [7, 11) is 2.16. The first-order valence-corrected chi connectivity index (χ1v) is 10.9. The molecule has 7 heteroatoms. The molecule has 3 fully saturated rings. The molecule has 1 aliphatic carbocycles. The van der Waals surface area contributed by atoms with E-state index in [4.69, 9.17) is 0 Å². The van der Waals surface area contributed by atoms with Gasteiger partial charge in [-0.2, -0.15) is 5.10 Å². The van der Waals surface area contributed by atoms with Gasteiger partial charge in [0, 0.05) is 52.2 Å². The lowest BCUT2D eigenvalue weighted by Crippen LogP contribution is -2.51. The van der Waals surface area contributed by atoms with Crippen LogP contribution >= 0.6 is 0 Å². The van der Waals surface area contributed by atoms with Crippen LogP contribution in [0.1, 0.15) is 36.9 Å². The molecule has 1 aromatic rings. The maximum atomic E-state index is 13.6. The lowest BCUT2D eigenvalue weighted by atomic mass is 9.67. The van der Waals surface area contributed by atoms with Crippen molar-refractivity contribution in [3.8, 4) is 0 Å². The molecule has 0 aromatic carbocycles. The Balaban J connectivity index is 1.34. The van der Waals surface area contributed by atoms with Crippen LogP contribution < -0.4 is 10.2 Å². The molecule has 28 heavy (non-hydrogen) atoms. The standard InChI is InChI=1S/C21H32N6O/c1-25-8-10-26(11-9-25)19-12-16-14-27(7-5-18(16)23-24-19)20(28)21-6-3-2-4-17(21)13-22-15-21/h12,17,22H,2-11,13-15H2,1H3/t17-,21+/m0/s1. The third kappa shape index (κ3) is 3.08. The fourth-order valence-electron chi connectivity index (χ4n) is 5.66. The number of carbonyl (C=O) groups excluding carboxylic acids is 1. The van der Waals surface area contributed by atoms with Gasteiger partial charge in [-0.25, -0.2) is 0 Å². The van der Waals surface area contributed by atoms with Crippen LogP contribution in [0.4, 0.5) is 5.82 Å². The highest BCUT2D eigenvalue weighted by molar-refractivity contribution is 5.84. The Morgan fingerprint density at radius 3 is 2.89 bits per heavy atom. The molecule has 1 amide bonds. The Hall–Kier alpha value is -1.73. The largest absolute Gasteiger partial charge is 0.353 e. The predicted molar refractivity (Wildman–Crippen MR) is 108 cm³/mol. The molecule has 1 aromatic heterocycles. The lowest BCUT2D eigenvalue weighted by Gasteiger charge is -2.42. The molecule has 7 nitrogen and oxygen atoms in total. The molecule has 2 saturated heterocycles. The second-order valence-electron chi connectivity index (χ2n) is 9.17. The van der Waals surface area contributed by atoms with Crippen molar-refractivity contribution in [1.82, 2.24) is 25.3 Å². The van der Waals surface area contributed by atoms with Gasteiger partial charge in [0.1, 0.15) is 0 Å². The molecule has 4 aliphatic rings. The van der Waals surface area contributed by atoms with Crippen LogP contribution in [0, 0.1) is 11.3 Å². The quantitative estimate of drug-likeness (QED) is 0.817. The number of nitrogens with one attached hydrogen (secondary N) is 1. The van der Waals surface area contributed by atoms with Gasteiger partial charge < -0.3 is 20.0 Å². The van der Waals surface area contributed by atoms with Crippen molar-refractivity contribution in [1.29, 1.82) is 0 Å². The summed E-state index contributed by atoms with van der Waals surface area (Å²) in [6.07, 6.45) is 5.53. The molecule has 152 valence electrons. The summed E-state index contributed by atoms with van der Waals surface area (Å²) in [6.45, 7) is 7.44. The molecule has 0 bridgehead atoms. The average Bonchev–Trinajstić information content (AvgIpc) is 3.18. The van der Waals surface area contributed by atoms with Gasteiger partial charge in [-0.1, -0.05) is 12.8 Å². The van der Waals surface area contributed by atoms with Crippen LogP contribution in [0.25, 0.3) is 0 Å². The number of likely N-dealkylation sites (N-methyl/N-ethyl adjacent to an activating group) is 1. The molecule has 0 radical (unpaired) electrons. The second-order valence-corrected chi connectivity index (χ2v) is 9.17. The van der Waals surface area contributed by atoms with Crippen LogP contribution in [0.15, 0.2) is 6.07 Å². The van der Waals surface area contributed by atoms with E-state index in [0.717, 1.165) is 70.2 Å². The molecule has 3 aliphatic heterocycles. The van der Waals surface area contributed by atoms with Gasteiger partial charge in [0.25, 0.3) is 0 Å². The second kappa shape index (κ2) is 7.26. The average molecular weight is 385 g/mol. The van der Waals surface area contributed by atoms with E-state index in [1.807, 2.05) is 0 Å². The molecule has 4 heterocycles. The van der Waals surface area contributed by atoms with Gasteiger partial charge in [0.05, 0.1) is 11.1 Å². The van der Waals surface area contributed by atoms with Gasteiger partial charge in [-0.3, -0.25) is 4.79 Å². The van der Waals surface area contributed by atoms with Crippen LogP contribution in [0.5, 0.6) is 0 Å². The van der Waals surface area contributed by atoms with Crippen LogP contribution in [-0.4, -0.2) is 78.8 Å². The first-order chi connectivity index (χ1) is 13.7. The van der Waals surface area contributed by atoms with E-state index in [1.165, 1.54) is 24.8 Å². The van der Waals surface area contributed by atoms with Crippen LogP contribution in [-0.2, 0) is 17.8 Å². The molecule has 0 spiro atoms.